The molecule has 1 N–H and O–H groups in total. The number of methoxy groups -OCH3 is 1. The van der Waals surface area contributed by atoms with Crippen molar-refractivity contribution in [1.29, 1.82) is 0 Å². The van der Waals surface area contributed by atoms with Gasteiger partial charge >= 0.3 is 0 Å². The van der Waals surface area contributed by atoms with E-state index in [1.54, 1.807) is 43.0 Å². The van der Waals surface area contributed by atoms with Crippen molar-refractivity contribution in [3.8, 4) is 11.4 Å². The molecule has 0 atom stereocenters. The third-order valence-electron chi connectivity index (χ3n) is 3.94. The summed E-state index contributed by atoms with van der Waals surface area (Å²) < 4.78 is 6.85. The minimum absolute atomic E-state index is 0.253. The molecule has 0 unspecified atom stereocenters. The van der Waals surface area contributed by atoms with Crippen LogP contribution in [-0.2, 0) is 0 Å². The van der Waals surface area contributed by atoms with Crippen LogP contribution in [-0.4, -0.2) is 41.9 Å². The van der Waals surface area contributed by atoms with Gasteiger partial charge in [0.2, 0.25) is 0 Å². The molecule has 2 aromatic carbocycles. The topological polar surface area (TPSA) is 84.1 Å². The van der Waals surface area contributed by atoms with Crippen LogP contribution < -0.4 is 10.1 Å². The van der Waals surface area contributed by atoms with E-state index in [0.29, 0.717) is 22.8 Å². The number of benzene rings is 2. The Bertz CT molecular complexity index is 978. The van der Waals surface area contributed by atoms with Crippen LogP contribution in [0.2, 0.25) is 0 Å². The Morgan fingerprint density at radius 1 is 1.11 bits per heavy atom. The van der Waals surface area contributed by atoms with E-state index in [4.69, 9.17) is 4.74 Å². The highest BCUT2D eigenvalue weighted by Gasteiger charge is 2.20. The van der Waals surface area contributed by atoms with Crippen molar-refractivity contribution >= 4 is 17.4 Å². The molecule has 0 aliphatic rings. The van der Waals surface area contributed by atoms with Gasteiger partial charge in [-0.1, -0.05) is 23.4 Å². The first-order valence-electron chi connectivity index (χ1n) is 8.69. The van der Waals surface area contributed by atoms with Crippen LogP contribution in [0.4, 0.5) is 11.5 Å². The van der Waals surface area contributed by atoms with Gasteiger partial charge in [-0.15, -0.1) is 5.11 Å². The lowest BCUT2D eigenvalue weighted by molar-refractivity contribution is 0.102. The zero-order chi connectivity index (χ0) is 20.1. The molecule has 0 fully saturated rings. The molecular weight excluding hydrogens is 356 g/mol. The molecule has 144 valence electrons. The standard InChI is InChI=1S/C20H22N6O2/c1-14-18(22-24-25(2)3)19(21-20(27)15-8-6-5-7-9-15)26(23-14)16-10-12-17(28-4)13-11-16/h5-13H,1-4H3,(H,21,27). The van der Waals surface area contributed by atoms with E-state index < -0.39 is 0 Å². The molecule has 3 aromatic rings. The summed E-state index contributed by atoms with van der Waals surface area (Å²) in [5.74, 6) is 0.925. The van der Waals surface area contributed by atoms with Gasteiger partial charge in [0.25, 0.3) is 5.91 Å². The first-order chi connectivity index (χ1) is 13.5. The Labute approximate surface area is 163 Å². The van der Waals surface area contributed by atoms with Crippen LogP contribution in [0.3, 0.4) is 0 Å². The van der Waals surface area contributed by atoms with Gasteiger partial charge in [-0.3, -0.25) is 9.80 Å². The number of carbonyl (C=O) groups excluding carboxylic acids is 1. The van der Waals surface area contributed by atoms with E-state index in [2.05, 4.69) is 20.8 Å². The van der Waals surface area contributed by atoms with Gasteiger partial charge in [0.05, 0.1) is 18.5 Å². The predicted octanol–water partition coefficient (Wildman–Crippen LogP) is 4.00. The van der Waals surface area contributed by atoms with Crippen molar-refractivity contribution in [2.24, 2.45) is 10.3 Å². The van der Waals surface area contributed by atoms with Gasteiger partial charge in [-0.2, -0.15) is 5.10 Å². The lowest BCUT2D eigenvalue weighted by atomic mass is 10.2. The molecule has 1 aromatic heterocycles. The van der Waals surface area contributed by atoms with Crippen LogP contribution in [0.1, 0.15) is 16.1 Å². The molecular formula is C20H22N6O2. The predicted molar refractivity (Wildman–Crippen MR) is 107 cm³/mol. The van der Waals surface area contributed by atoms with Gasteiger partial charge in [-0.25, -0.2) is 4.68 Å². The molecule has 3 rings (SSSR count). The van der Waals surface area contributed by atoms with E-state index in [1.165, 1.54) is 0 Å². The van der Waals surface area contributed by atoms with E-state index >= 15 is 0 Å². The Hall–Kier alpha value is -3.68. The normalized spacial score (nSPS) is 10.9. The monoisotopic (exact) mass is 378 g/mol. The van der Waals surface area contributed by atoms with Crippen LogP contribution >= 0.6 is 0 Å². The van der Waals surface area contributed by atoms with Crippen LogP contribution in [0, 0.1) is 6.92 Å². The molecule has 8 nitrogen and oxygen atoms in total. The molecule has 0 bridgehead atoms. The van der Waals surface area contributed by atoms with E-state index in [1.807, 2.05) is 49.4 Å². The molecule has 1 amide bonds. The fraction of sp³-hybridized carbons (Fsp3) is 0.200. The number of aryl methyl sites for hydroxylation is 1. The Morgan fingerprint density at radius 3 is 2.39 bits per heavy atom. The van der Waals surface area contributed by atoms with Gasteiger partial charge < -0.3 is 10.1 Å². The second-order valence-electron chi connectivity index (χ2n) is 6.25. The van der Waals surface area contributed by atoms with Crippen LogP contribution in [0.25, 0.3) is 5.69 Å². The van der Waals surface area contributed by atoms with Crippen molar-refractivity contribution in [2.45, 2.75) is 6.92 Å². The SMILES string of the molecule is COc1ccc(-n2nc(C)c(N=NN(C)C)c2NC(=O)c2ccccc2)cc1. The maximum absolute atomic E-state index is 12.7. The first kappa shape index (κ1) is 19.1. The number of rotatable bonds is 6. The highest BCUT2D eigenvalue weighted by Crippen LogP contribution is 2.32. The Morgan fingerprint density at radius 2 is 1.79 bits per heavy atom. The molecule has 0 saturated heterocycles. The van der Waals surface area contributed by atoms with Crippen molar-refractivity contribution < 1.29 is 9.53 Å². The minimum atomic E-state index is -0.253. The Balaban J connectivity index is 2.06. The average Bonchev–Trinajstić information content (AvgIpc) is 3.02. The maximum Gasteiger partial charge on any atom is 0.256 e. The average molecular weight is 378 g/mol. The fourth-order valence-electron chi connectivity index (χ4n) is 2.56. The number of nitrogens with zero attached hydrogens (tertiary/aromatic N) is 5. The van der Waals surface area contributed by atoms with Crippen molar-refractivity contribution in [2.75, 3.05) is 26.5 Å². The number of carbonyl (C=O) groups is 1. The van der Waals surface area contributed by atoms with Gasteiger partial charge in [-0.05, 0) is 43.3 Å². The second kappa shape index (κ2) is 8.34. The zero-order valence-electron chi connectivity index (χ0n) is 16.2. The Kier molecular flexibility index (Phi) is 5.69. The van der Waals surface area contributed by atoms with Gasteiger partial charge in [0.15, 0.2) is 11.5 Å². The highest BCUT2D eigenvalue weighted by atomic mass is 16.5. The van der Waals surface area contributed by atoms with Gasteiger partial charge in [0.1, 0.15) is 5.75 Å². The maximum atomic E-state index is 12.7. The third kappa shape index (κ3) is 4.17. The molecule has 28 heavy (non-hydrogen) atoms. The summed E-state index contributed by atoms with van der Waals surface area (Å²) in [5.41, 5.74) is 2.44. The highest BCUT2D eigenvalue weighted by molar-refractivity contribution is 6.05. The van der Waals surface area contributed by atoms with Crippen molar-refractivity contribution in [3.05, 3.63) is 65.9 Å². The minimum Gasteiger partial charge on any atom is -0.497 e. The molecule has 0 saturated carbocycles. The van der Waals surface area contributed by atoms with E-state index in [-0.39, 0.29) is 5.91 Å². The number of nitrogens with one attached hydrogen (secondary N) is 1. The largest absolute Gasteiger partial charge is 0.497 e. The first-order valence-corrected chi connectivity index (χ1v) is 8.69. The molecule has 1 heterocycles. The van der Waals surface area contributed by atoms with Crippen LogP contribution in [0.15, 0.2) is 64.9 Å². The second-order valence-corrected chi connectivity index (χ2v) is 6.25. The zero-order valence-corrected chi connectivity index (χ0v) is 16.2. The van der Waals surface area contributed by atoms with E-state index in [0.717, 1.165) is 11.4 Å². The number of anilines is 1. The molecule has 0 spiro atoms. The van der Waals surface area contributed by atoms with Gasteiger partial charge in [0, 0.05) is 19.7 Å². The molecule has 0 radical (unpaired) electrons. The lowest BCUT2D eigenvalue weighted by Crippen LogP contribution is -2.15. The number of aromatic nitrogens is 2. The molecule has 0 aliphatic heterocycles. The summed E-state index contributed by atoms with van der Waals surface area (Å²) in [5, 5.41) is 17.4. The number of hydrogen-bond acceptors (Lipinski definition) is 5. The summed E-state index contributed by atoms with van der Waals surface area (Å²) in [4.78, 5) is 12.7. The summed E-state index contributed by atoms with van der Waals surface area (Å²) in [6.45, 7) is 1.82. The smallest absolute Gasteiger partial charge is 0.256 e. The summed E-state index contributed by atoms with van der Waals surface area (Å²) in [6, 6.07) is 16.4. The van der Waals surface area contributed by atoms with E-state index in [9.17, 15) is 4.79 Å². The molecule has 8 heteroatoms. The van der Waals surface area contributed by atoms with Crippen LogP contribution in [0.5, 0.6) is 5.75 Å². The fourth-order valence-corrected chi connectivity index (χ4v) is 2.56. The van der Waals surface area contributed by atoms with Crippen molar-refractivity contribution in [1.82, 2.24) is 14.8 Å². The lowest BCUT2D eigenvalue weighted by Gasteiger charge is -2.10. The number of hydrogen-bond donors (Lipinski definition) is 1. The number of ether oxygens (including phenoxy) is 1. The number of amides is 1. The summed E-state index contributed by atoms with van der Waals surface area (Å²) in [6.07, 6.45) is 0. The quantitative estimate of drug-likeness (QED) is 0.519. The summed E-state index contributed by atoms with van der Waals surface area (Å²) >= 11 is 0. The molecule has 0 aliphatic carbocycles. The van der Waals surface area contributed by atoms with Crippen molar-refractivity contribution in [3.63, 3.8) is 0 Å². The third-order valence-corrected chi connectivity index (χ3v) is 3.94. The summed E-state index contributed by atoms with van der Waals surface area (Å²) in [7, 11) is 5.15.